The number of benzene rings is 1. The normalized spacial score (nSPS) is 13.2. The molecule has 0 unspecified atom stereocenters. The van der Waals surface area contributed by atoms with Crippen molar-refractivity contribution < 1.29 is 9.53 Å². The lowest BCUT2D eigenvalue weighted by molar-refractivity contribution is 0.0535. The lowest BCUT2D eigenvalue weighted by Gasteiger charge is -1.97. The van der Waals surface area contributed by atoms with E-state index in [1.54, 1.807) is 6.07 Å². The second kappa shape index (κ2) is 3.77. The monoisotopic (exact) mass is 199 g/mol. The number of fused-ring (bicyclic) bond motifs is 1. The number of hydrogen-bond acceptors (Lipinski definition) is 3. The first-order valence-corrected chi connectivity index (χ1v) is 3.80. The summed E-state index contributed by atoms with van der Waals surface area (Å²) in [5, 5.41) is 0. The van der Waals surface area contributed by atoms with Crippen LogP contribution in [-0.2, 0) is 17.9 Å². The van der Waals surface area contributed by atoms with Gasteiger partial charge in [-0.2, -0.15) is 0 Å². The molecule has 0 saturated carbocycles. The number of carbonyl (C=O) groups is 1. The van der Waals surface area contributed by atoms with Crippen molar-refractivity contribution in [2.24, 2.45) is 5.73 Å². The third-order valence-corrected chi connectivity index (χ3v) is 1.98. The Kier molecular flexibility index (Phi) is 2.90. The van der Waals surface area contributed by atoms with Crippen molar-refractivity contribution in [3.8, 4) is 0 Å². The molecule has 70 valence electrons. The minimum Gasteiger partial charge on any atom is -0.457 e. The van der Waals surface area contributed by atoms with Crippen LogP contribution in [0.3, 0.4) is 0 Å². The van der Waals surface area contributed by atoms with E-state index in [-0.39, 0.29) is 18.4 Å². The number of halogens is 1. The molecule has 3 nitrogen and oxygen atoms in total. The predicted octanol–water partition coefficient (Wildman–Crippen LogP) is 1.24. The van der Waals surface area contributed by atoms with Crippen LogP contribution in [-0.4, -0.2) is 5.97 Å². The molecule has 0 radical (unpaired) electrons. The minimum absolute atomic E-state index is 0. The van der Waals surface area contributed by atoms with E-state index < -0.39 is 0 Å². The van der Waals surface area contributed by atoms with Gasteiger partial charge in [0, 0.05) is 12.1 Å². The predicted molar refractivity (Wildman–Crippen MR) is 50.7 cm³/mol. The standard InChI is InChI=1S/C9H9NO2.ClH/c10-4-6-1-2-8-7(3-6)5-12-9(8)11;/h1-3H,4-5,10H2;1H. The van der Waals surface area contributed by atoms with Crippen LogP contribution in [0.1, 0.15) is 21.5 Å². The second-order valence-electron chi connectivity index (χ2n) is 2.77. The van der Waals surface area contributed by atoms with E-state index in [1.807, 2.05) is 12.1 Å². The zero-order chi connectivity index (χ0) is 8.55. The summed E-state index contributed by atoms with van der Waals surface area (Å²) < 4.78 is 4.84. The van der Waals surface area contributed by atoms with Gasteiger partial charge in [0.15, 0.2) is 0 Å². The minimum atomic E-state index is -0.228. The van der Waals surface area contributed by atoms with Gasteiger partial charge < -0.3 is 10.5 Å². The molecule has 0 aromatic heterocycles. The van der Waals surface area contributed by atoms with Crippen LogP contribution < -0.4 is 5.73 Å². The highest BCUT2D eigenvalue weighted by Gasteiger charge is 2.20. The summed E-state index contributed by atoms with van der Waals surface area (Å²) >= 11 is 0. The summed E-state index contributed by atoms with van der Waals surface area (Å²) in [4.78, 5) is 11.0. The Morgan fingerprint density at radius 1 is 1.46 bits per heavy atom. The average molecular weight is 200 g/mol. The van der Waals surface area contributed by atoms with Crippen molar-refractivity contribution in [2.45, 2.75) is 13.2 Å². The summed E-state index contributed by atoms with van der Waals surface area (Å²) in [5.74, 6) is -0.228. The number of esters is 1. The van der Waals surface area contributed by atoms with Crippen LogP contribution in [0.25, 0.3) is 0 Å². The molecular weight excluding hydrogens is 190 g/mol. The van der Waals surface area contributed by atoms with Crippen molar-refractivity contribution >= 4 is 18.4 Å². The number of nitrogens with two attached hydrogens (primary N) is 1. The van der Waals surface area contributed by atoms with Crippen molar-refractivity contribution in [2.75, 3.05) is 0 Å². The molecule has 0 fully saturated rings. The molecule has 2 N–H and O–H groups in total. The quantitative estimate of drug-likeness (QED) is 0.693. The Morgan fingerprint density at radius 2 is 2.23 bits per heavy atom. The van der Waals surface area contributed by atoms with Crippen LogP contribution in [0, 0.1) is 0 Å². The number of hydrogen-bond donors (Lipinski definition) is 1. The highest BCUT2D eigenvalue weighted by Crippen LogP contribution is 2.20. The van der Waals surface area contributed by atoms with Gasteiger partial charge in [0.2, 0.25) is 0 Å². The van der Waals surface area contributed by atoms with Gasteiger partial charge in [-0.25, -0.2) is 4.79 Å². The van der Waals surface area contributed by atoms with E-state index in [0.717, 1.165) is 11.1 Å². The Bertz CT molecular complexity index is 338. The van der Waals surface area contributed by atoms with Gasteiger partial charge in [0.25, 0.3) is 0 Å². The SMILES string of the molecule is Cl.NCc1ccc2c(c1)COC2=O. The zero-order valence-electron chi connectivity index (χ0n) is 6.95. The van der Waals surface area contributed by atoms with Crippen LogP contribution in [0.2, 0.25) is 0 Å². The van der Waals surface area contributed by atoms with Crippen molar-refractivity contribution in [3.05, 3.63) is 34.9 Å². The first-order valence-electron chi connectivity index (χ1n) is 3.80. The van der Waals surface area contributed by atoms with Gasteiger partial charge >= 0.3 is 5.97 Å². The van der Waals surface area contributed by atoms with Crippen LogP contribution in [0.5, 0.6) is 0 Å². The molecule has 1 aliphatic heterocycles. The van der Waals surface area contributed by atoms with E-state index in [2.05, 4.69) is 0 Å². The fourth-order valence-corrected chi connectivity index (χ4v) is 1.31. The highest BCUT2D eigenvalue weighted by molar-refractivity contribution is 5.93. The summed E-state index contributed by atoms with van der Waals surface area (Å²) in [6, 6.07) is 5.54. The lowest BCUT2D eigenvalue weighted by Crippen LogP contribution is -1.98. The Hall–Kier alpha value is -1.06. The topological polar surface area (TPSA) is 52.3 Å². The lowest BCUT2D eigenvalue weighted by atomic mass is 10.1. The fraction of sp³-hybridized carbons (Fsp3) is 0.222. The van der Waals surface area contributed by atoms with Crippen LogP contribution in [0.15, 0.2) is 18.2 Å². The maximum absolute atomic E-state index is 11.0. The second-order valence-corrected chi connectivity index (χ2v) is 2.77. The summed E-state index contributed by atoms with van der Waals surface area (Å²) in [5.41, 5.74) is 8.11. The maximum atomic E-state index is 11.0. The number of ether oxygens (including phenoxy) is 1. The molecule has 0 amide bonds. The molecule has 1 aromatic rings. The fourth-order valence-electron chi connectivity index (χ4n) is 1.31. The number of rotatable bonds is 1. The van der Waals surface area contributed by atoms with Gasteiger partial charge in [0.1, 0.15) is 6.61 Å². The molecular formula is C9H10ClNO2. The first-order chi connectivity index (χ1) is 5.81. The molecule has 1 aliphatic rings. The van der Waals surface area contributed by atoms with Crippen LogP contribution >= 0.6 is 12.4 Å². The van der Waals surface area contributed by atoms with Crippen molar-refractivity contribution in [1.29, 1.82) is 0 Å². The molecule has 2 rings (SSSR count). The van der Waals surface area contributed by atoms with Gasteiger partial charge in [-0.3, -0.25) is 0 Å². The Labute approximate surface area is 82.3 Å². The van der Waals surface area contributed by atoms with Gasteiger partial charge in [0.05, 0.1) is 5.56 Å². The highest BCUT2D eigenvalue weighted by atomic mass is 35.5. The number of carbonyl (C=O) groups excluding carboxylic acids is 1. The molecule has 1 aromatic carbocycles. The molecule has 1 heterocycles. The van der Waals surface area contributed by atoms with Crippen molar-refractivity contribution in [3.63, 3.8) is 0 Å². The first kappa shape index (κ1) is 10.0. The third-order valence-electron chi connectivity index (χ3n) is 1.98. The maximum Gasteiger partial charge on any atom is 0.338 e. The van der Waals surface area contributed by atoms with E-state index in [0.29, 0.717) is 18.7 Å². The van der Waals surface area contributed by atoms with E-state index >= 15 is 0 Å². The summed E-state index contributed by atoms with van der Waals surface area (Å²) in [7, 11) is 0. The molecule has 0 aliphatic carbocycles. The molecule has 0 bridgehead atoms. The van der Waals surface area contributed by atoms with Gasteiger partial charge in [-0.15, -0.1) is 12.4 Å². The molecule has 13 heavy (non-hydrogen) atoms. The van der Waals surface area contributed by atoms with Gasteiger partial charge in [-0.1, -0.05) is 12.1 Å². The molecule has 0 saturated heterocycles. The molecule has 0 atom stereocenters. The van der Waals surface area contributed by atoms with Crippen molar-refractivity contribution in [1.82, 2.24) is 0 Å². The smallest absolute Gasteiger partial charge is 0.338 e. The third kappa shape index (κ3) is 1.66. The largest absolute Gasteiger partial charge is 0.457 e. The molecule has 4 heteroatoms. The van der Waals surface area contributed by atoms with E-state index in [1.165, 1.54) is 0 Å². The van der Waals surface area contributed by atoms with Crippen LogP contribution in [0.4, 0.5) is 0 Å². The van der Waals surface area contributed by atoms with E-state index in [4.69, 9.17) is 10.5 Å². The summed E-state index contributed by atoms with van der Waals surface area (Å²) in [6.45, 7) is 0.892. The number of cyclic esters (lactones) is 1. The zero-order valence-corrected chi connectivity index (χ0v) is 7.76. The van der Waals surface area contributed by atoms with Gasteiger partial charge in [-0.05, 0) is 11.6 Å². The van der Waals surface area contributed by atoms with E-state index in [9.17, 15) is 4.79 Å². The average Bonchev–Trinajstić information content (AvgIpc) is 2.47. The Morgan fingerprint density at radius 3 is 2.92 bits per heavy atom. The summed E-state index contributed by atoms with van der Waals surface area (Å²) in [6.07, 6.45) is 0. The Balaban J connectivity index is 0.000000845. The molecule has 0 spiro atoms.